The number of ether oxygens (including phenoxy) is 1. The van der Waals surface area contributed by atoms with Gasteiger partial charge in [0, 0.05) is 6.07 Å². The van der Waals surface area contributed by atoms with Crippen molar-refractivity contribution < 1.29 is 19.0 Å². The Bertz CT molecular complexity index is 594. The summed E-state index contributed by atoms with van der Waals surface area (Å²) in [5, 5.41) is 9.07. The van der Waals surface area contributed by atoms with E-state index in [0.717, 1.165) is 30.7 Å². The van der Waals surface area contributed by atoms with Crippen molar-refractivity contribution in [3.63, 3.8) is 0 Å². The molecule has 4 rings (SSSR count). The van der Waals surface area contributed by atoms with Gasteiger partial charge in [0.2, 0.25) is 0 Å². The first-order chi connectivity index (χ1) is 10.1. The molecular weight excluding hydrogens is 271 g/mol. The SMILES string of the molecule is O=C(O)c1cc(C2CC2)c(OC2CC3CCC2C3)cc1F. The molecule has 0 saturated heterocycles. The molecule has 0 aliphatic heterocycles. The maximum absolute atomic E-state index is 14.0. The third-order valence-corrected chi connectivity index (χ3v) is 5.30. The van der Waals surface area contributed by atoms with Crippen molar-refractivity contribution in [2.75, 3.05) is 0 Å². The van der Waals surface area contributed by atoms with Crippen molar-refractivity contribution in [1.82, 2.24) is 0 Å². The lowest BCUT2D eigenvalue weighted by Crippen LogP contribution is -2.24. The number of rotatable bonds is 4. The quantitative estimate of drug-likeness (QED) is 0.912. The van der Waals surface area contributed by atoms with Crippen LogP contribution >= 0.6 is 0 Å². The lowest BCUT2D eigenvalue weighted by atomic mass is 9.97. The molecule has 112 valence electrons. The summed E-state index contributed by atoms with van der Waals surface area (Å²) in [7, 11) is 0. The standard InChI is InChI=1S/C17H19FO3/c18-14-8-16(21-15-6-9-1-2-11(15)5-9)12(10-3-4-10)7-13(14)17(19)20/h7-11,15H,1-6H2,(H,19,20). The molecule has 3 fully saturated rings. The van der Waals surface area contributed by atoms with Gasteiger partial charge >= 0.3 is 5.97 Å². The summed E-state index contributed by atoms with van der Waals surface area (Å²) in [6.45, 7) is 0. The van der Waals surface area contributed by atoms with Gasteiger partial charge in [-0.15, -0.1) is 0 Å². The number of carboxylic acid groups (broad SMARTS) is 1. The van der Waals surface area contributed by atoms with Crippen molar-refractivity contribution in [1.29, 1.82) is 0 Å². The van der Waals surface area contributed by atoms with Gasteiger partial charge in [0.25, 0.3) is 0 Å². The summed E-state index contributed by atoms with van der Waals surface area (Å²) in [5.41, 5.74) is 0.647. The Hall–Kier alpha value is -1.58. The van der Waals surface area contributed by atoms with Crippen LogP contribution in [0.2, 0.25) is 0 Å². The summed E-state index contributed by atoms with van der Waals surface area (Å²) < 4.78 is 20.1. The minimum atomic E-state index is -1.21. The molecule has 0 radical (unpaired) electrons. The Morgan fingerprint density at radius 3 is 2.57 bits per heavy atom. The molecule has 1 N–H and O–H groups in total. The number of hydrogen-bond acceptors (Lipinski definition) is 2. The Kier molecular flexibility index (Phi) is 2.95. The van der Waals surface area contributed by atoms with Crippen LogP contribution in [0.3, 0.4) is 0 Å². The second-order valence-corrected chi connectivity index (χ2v) is 6.78. The minimum absolute atomic E-state index is 0.191. The lowest BCUT2D eigenvalue weighted by Gasteiger charge is -2.24. The highest BCUT2D eigenvalue weighted by Crippen LogP contribution is 2.49. The van der Waals surface area contributed by atoms with Gasteiger partial charge in [-0.1, -0.05) is 0 Å². The molecule has 4 heteroatoms. The minimum Gasteiger partial charge on any atom is -0.490 e. The molecule has 3 aliphatic rings. The van der Waals surface area contributed by atoms with Crippen LogP contribution in [0.15, 0.2) is 12.1 Å². The largest absolute Gasteiger partial charge is 0.490 e. The average Bonchev–Trinajstić information content (AvgIpc) is 3.07. The first-order valence-electron chi connectivity index (χ1n) is 7.85. The summed E-state index contributed by atoms with van der Waals surface area (Å²) in [6, 6.07) is 2.78. The molecule has 21 heavy (non-hydrogen) atoms. The zero-order chi connectivity index (χ0) is 14.6. The van der Waals surface area contributed by atoms with Crippen LogP contribution < -0.4 is 4.74 Å². The van der Waals surface area contributed by atoms with Gasteiger partial charge < -0.3 is 9.84 Å². The third-order valence-electron chi connectivity index (χ3n) is 5.30. The van der Waals surface area contributed by atoms with Crippen LogP contribution in [0.5, 0.6) is 5.75 Å². The molecule has 3 nitrogen and oxygen atoms in total. The van der Waals surface area contributed by atoms with Crippen LogP contribution in [0, 0.1) is 17.7 Å². The second kappa shape index (κ2) is 4.72. The third kappa shape index (κ3) is 2.30. The van der Waals surface area contributed by atoms with Gasteiger partial charge in [0.1, 0.15) is 17.7 Å². The number of carbonyl (C=O) groups is 1. The van der Waals surface area contributed by atoms with Crippen LogP contribution in [0.4, 0.5) is 4.39 Å². The predicted octanol–water partition coefficient (Wildman–Crippen LogP) is 3.97. The van der Waals surface area contributed by atoms with E-state index in [9.17, 15) is 9.18 Å². The van der Waals surface area contributed by atoms with Crippen LogP contribution in [-0.4, -0.2) is 17.2 Å². The van der Waals surface area contributed by atoms with Gasteiger partial charge in [0.15, 0.2) is 0 Å². The highest BCUT2D eigenvalue weighted by atomic mass is 19.1. The topological polar surface area (TPSA) is 46.5 Å². The van der Waals surface area contributed by atoms with E-state index in [1.807, 2.05) is 0 Å². The van der Waals surface area contributed by atoms with Gasteiger partial charge in [-0.05, 0) is 67.9 Å². The zero-order valence-corrected chi connectivity index (χ0v) is 11.8. The molecular formula is C17H19FO3. The number of halogens is 1. The lowest BCUT2D eigenvalue weighted by molar-refractivity contribution is 0.0691. The van der Waals surface area contributed by atoms with E-state index >= 15 is 0 Å². The molecule has 0 amide bonds. The molecule has 0 spiro atoms. The molecule has 3 unspecified atom stereocenters. The van der Waals surface area contributed by atoms with Gasteiger partial charge in [-0.2, -0.15) is 0 Å². The van der Waals surface area contributed by atoms with Crippen molar-refractivity contribution in [2.45, 2.75) is 50.5 Å². The van der Waals surface area contributed by atoms with E-state index in [0.29, 0.717) is 17.6 Å². The van der Waals surface area contributed by atoms with E-state index in [1.54, 1.807) is 0 Å². The highest BCUT2D eigenvalue weighted by molar-refractivity contribution is 5.88. The second-order valence-electron chi connectivity index (χ2n) is 6.78. The number of hydrogen-bond donors (Lipinski definition) is 1. The normalized spacial score (nSPS) is 30.6. The summed E-state index contributed by atoms with van der Waals surface area (Å²) in [4.78, 5) is 11.1. The molecule has 0 heterocycles. The predicted molar refractivity (Wildman–Crippen MR) is 75.2 cm³/mol. The van der Waals surface area contributed by atoms with Crippen LogP contribution in [-0.2, 0) is 0 Å². The van der Waals surface area contributed by atoms with E-state index < -0.39 is 11.8 Å². The molecule has 2 bridgehead atoms. The Morgan fingerprint density at radius 2 is 2.00 bits per heavy atom. The molecule has 3 atom stereocenters. The Balaban J connectivity index is 1.64. The van der Waals surface area contributed by atoms with Crippen molar-refractivity contribution in [3.05, 3.63) is 29.1 Å². The first kappa shape index (κ1) is 13.1. The smallest absolute Gasteiger partial charge is 0.338 e. The molecule has 1 aromatic rings. The molecule has 3 aliphatic carbocycles. The van der Waals surface area contributed by atoms with Crippen molar-refractivity contribution in [2.24, 2.45) is 11.8 Å². The van der Waals surface area contributed by atoms with Gasteiger partial charge in [0.05, 0.1) is 5.56 Å². The van der Waals surface area contributed by atoms with Crippen LogP contribution in [0.1, 0.15) is 60.4 Å². The maximum atomic E-state index is 14.0. The summed E-state index contributed by atoms with van der Waals surface area (Å²) in [5.74, 6) is 0.401. The number of aromatic carboxylic acids is 1. The fourth-order valence-electron chi connectivity index (χ4n) is 4.04. The summed E-state index contributed by atoms with van der Waals surface area (Å²) in [6.07, 6.45) is 7.08. The van der Waals surface area contributed by atoms with E-state index in [-0.39, 0.29) is 11.7 Å². The van der Waals surface area contributed by atoms with Gasteiger partial charge in [-0.3, -0.25) is 0 Å². The van der Waals surface area contributed by atoms with Crippen LogP contribution in [0.25, 0.3) is 0 Å². The zero-order valence-electron chi connectivity index (χ0n) is 11.8. The molecule has 0 aromatic heterocycles. The average molecular weight is 290 g/mol. The van der Waals surface area contributed by atoms with Crippen molar-refractivity contribution >= 4 is 5.97 Å². The highest BCUT2D eigenvalue weighted by Gasteiger charge is 2.41. The fourth-order valence-corrected chi connectivity index (χ4v) is 4.04. The van der Waals surface area contributed by atoms with E-state index in [2.05, 4.69) is 0 Å². The Morgan fingerprint density at radius 1 is 1.19 bits per heavy atom. The molecule has 3 saturated carbocycles. The first-order valence-corrected chi connectivity index (χ1v) is 7.85. The number of carboxylic acids is 1. The number of benzene rings is 1. The summed E-state index contributed by atoms with van der Waals surface area (Å²) >= 11 is 0. The van der Waals surface area contributed by atoms with Gasteiger partial charge in [-0.25, -0.2) is 9.18 Å². The monoisotopic (exact) mass is 290 g/mol. The maximum Gasteiger partial charge on any atom is 0.338 e. The van der Waals surface area contributed by atoms with Crippen molar-refractivity contribution in [3.8, 4) is 5.75 Å². The number of fused-ring (bicyclic) bond motifs is 2. The van der Waals surface area contributed by atoms with E-state index in [1.165, 1.54) is 31.4 Å². The fraction of sp³-hybridized carbons (Fsp3) is 0.588. The van der Waals surface area contributed by atoms with E-state index in [4.69, 9.17) is 9.84 Å². The molecule has 1 aromatic carbocycles. The Labute approximate surface area is 123 Å².